The number of aromatic nitrogens is 1. The van der Waals surface area contributed by atoms with Crippen LogP contribution in [0.3, 0.4) is 0 Å². The van der Waals surface area contributed by atoms with Gasteiger partial charge < -0.3 is 0 Å². The summed E-state index contributed by atoms with van der Waals surface area (Å²) in [5.41, 5.74) is 0.207. The highest BCUT2D eigenvalue weighted by atomic mass is 79.9. The van der Waals surface area contributed by atoms with Crippen molar-refractivity contribution in [1.29, 1.82) is 0 Å². The Labute approximate surface area is 134 Å². The highest BCUT2D eigenvalue weighted by Crippen LogP contribution is 2.21. The minimum absolute atomic E-state index is 0.0223. The summed E-state index contributed by atoms with van der Waals surface area (Å²) in [4.78, 5) is 3.64. The van der Waals surface area contributed by atoms with Crippen LogP contribution < -0.4 is 4.72 Å². The van der Waals surface area contributed by atoms with E-state index >= 15 is 0 Å². The molecule has 0 aliphatic heterocycles. The molecule has 0 radical (unpaired) electrons. The highest BCUT2D eigenvalue weighted by molar-refractivity contribution is 9.10. The number of nitrogens with one attached hydrogen (secondary N) is 1. The van der Waals surface area contributed by atoms with Crippen molar-refractivity contribution >= 4 is 51.4 Å². The highest BCUT2D eigenvalue weighted by Gasteiger charge is 2.16. The lowest BCUT2D eigenvalue weighted by Gasteiger charge is -2.08. The molecule has 21 heavy (non-hydrogen) atoms. The van der Waals surface area contributed by atoms with Crippen molar-refractivity contribution < 1.29 is 16.8 Å². The number of hydrogen-bond donors (Lipinski definition) is 1. The van der Waals surface area contributed by atoms with Crippen LogP contribution in [0.15, 0.2) is 57.0 Å². The van der Waals surface area contributed by atoms with Crippen molar-refractivity contribution in [3.63, 3.8) is 0 Å². The molecule has 0 bridgehead atoms. The van der Waals surface area contributed by atoms with E-state index in [0.29, 0.717) is 4.47 Å². The molecule has 2 aromatic rings. The first-order valence-corrected chi connectivity index (χ1v) is 9.95. The zero-order valence-electron chi connectivity index (χ0n) is 10.2. The summed E-state index contributed by atoms with van der Waals surface area (Å²) in [6.45, 7) is 0. The lowest BCUT2D eigenvalue weighted by atomic mass is 10.3. The molecule has 1 N–H and O–H groups in total. The number of pyridine rings is 1. The average Bonchev–Trinajstić information content (AvgIpc) is 2.38. The number of sulfonamides is 1. The minimum Gasteiger partial charge on any atom is -0.280 e. The van der Waals surface area contributed by atoms with Gasteiger partial charge >= 0.3 is 0 Å². The second-order valence-electron chi connectivity index (χ2n) is 3.91. The van der Waals surface area contributed by atoms with Gasteiger partial charge in [0.05, 0.1) is 4.90 Å². The molecule has 1 aromatic heterocycles. The average molecular weight is 412 g/mol. The molecule has 0 saturated carbocycles. The Bertz CT molecular complexity index is 867. The van der Waals surface area contributed by atoms with E-state index in [2.05, 4.69) is 25.6 Å². The van der Waals surface area contributed by atoms with E-state index in [1.54, 1.807) is 0 Å². The molecule has 1 aromatic carbocycles. The summed E-state index contributed by atoms with van der Waals surface area (Å²) in [5, 5.41) is 0. The predicted molar refractivity (Wildman–Crippen MR) is 82.2 cm³/mol. The molecule has 0 atom stereocenters. The maximum atomic E-state index is 12.1. The molecule has 112 valence electrons. The first-order chi connectivity index (χ1) is 9.68. The Balaban J connectivity index is 2.29. The van der Waals surface area contributed by atoms with Gasteiger partial charge in [0.2, 0.25) is 0 Å². The Hall–Kier alpha value is -1.16. The quantitative estimate of drug-likeness (QED) is 0.781. The van der Waals surface area contributed by atoms with Crippen LogP contribution in [-0.2, 0) is 19.1 Å². The van der Waals surface area contributed by atoms with E-state index < -0.39 is 19.1 Å². The summed E-state index contributed by atoms with van der Waals surface area (Å²) in [6.07, 6.45) is 2.66. The maximum Gasteiger partial charge on any atom is 0.263 e. The van der Waals surface area contributed by atoms with E-state index in [0.717, 1.165) is 0 Å². The van der Waals surface area contributed by atoms with E-state index in [4.69, 9.17) is 10.7 Å². The first kappa shape index (κ1) is 16.2. The number of halogens is 2. The number of nitrogens with zero attached hydrogens (tertiary/aromatic N) is 1. The fraction of sp³-hybridized carbons (Fsp3) is 0. The maximum absolute atomic E-state index is 12.1. The third-order valence-electron chi connectivity index (χ3n) is 2.38. The molecule has 0 amide bonds. The van der Waals surface area contributed by atoms with Crippen LogP contribution in [0, 0.1) is 0 Å². The third-order valence-corrected chi connectivity index (χ3v) is 5.53. The van der Waals surface area contributed by atoms with Gasteiger partial charge in [0.25, 0.3) is 19.1 Å². The molecule has 0 aliphatic carbocycles. The van der Waals surface area contributed by atoms with Crippen LogP contribution in [0.25, 0.3) is 0 Å². The summed E-state index contributed by atoms with van der Waals surface area (Å²) < 4.78 is 49.3. The zero-order valence-corrected chi connectivity index (χ0v) is 14.2. The Morgan fingerprint density at radius 2 is 1.62 bits per heavy atom. The first-order valence-electron chi connectivity index (χ1n) is 5.36. The van der Waals surface area contributed by atoms with Gasteiger partial charge in [-0.3, -0.25) is 9.71 Å². The van der Waals surface area contributed by atoms with Gasteiger partial charge in [0.15, 0.2) is 0 Å². The van der Waals surface area contributed by atoms with Crippen molar-refractivity contribution in [2.24, 2.45) is 0 Å². The molecule has 6 nitrogen and oxygen atoms in total. The van der Waals surface area contributed by atoms with Gasteiger partial charge in [0, 0.05) is 33.2 Å². The predicted octanol–water partition coefficient (Wildman–Crippen LogP) is 2.57. The number of hydrogen-bond acceptors (Lipinski definition) is 5. The normalized spacial score (nSPS) is 12.1. The fourth-order valence-electron chi connectivity index (χ4n) is 1.44. The topological polar surface area (TPSA) is 93.2 Å². The van der Waals surface area contributed by atoms with Crippen LogP contribution in [-0.4, -0.2) is 21.8 Å². The van der Waals surface area contributed by atoms with Crippen molar-refractivity contribution in [1.82, 2.24) is 4.98 Å². The Kier molecular flexibility index (Phi) is 4.57. The monoisotopic (exact) mass is 410 g/mol. The van der Waals surface area contributed by atoms with Crippen LogP contribution in [0.4, 0.5) is 5.69 Å². The molecule has 0 spiro atoms. The SMILES string of the molecule is O=S(=O)(Cl)c1ccc(NS(=O)(=O)c2cncc(Br)c2)cc1. The van der Waals surface area contributed by atoms with Crippen molar-refractivity contribution in [2.75, 3.05) is 4.72 Å². The largest absolute Gasteiger partial charge is 0.280 e. The second-order valence-corrected chi connectivity index (χ2v) is 9.07. The molecule has 2 rings (SSSR count). The molecular formula is C11H8BrClN2O4S2. The van der Waals surface area contributed by atoms with Crippen molar-refractivity contribution in [3.8, 4) is 0 Å². The van der Waals surface area contributed by atoms with Gasteiger partial charge in [-0.25, -0.2) is 16.8 Å². The summed E-state index contributed by atoms with van der Waals surface area (Å²) in [6, 6.07) is 6.42. The Morgan fingerprint density at radius 1 is 1.00 bits per heavy atom. The minimum atomic E-state index is -3.84. The van der Waals surface area contributed by atoms with Crippen LogP contribution in [0.1, 0.15) is 0 Å². The lowest BCUT2D eigenvalue weighted by Crippen LogP contribution is -2.13. The molecule has 0 fully saturated rings. The van der Waals surface area contributed by atoms with Gasteiger partial charge in [-0.2, -0.15) is 0 Å². The fourth-order valence-corrected chi connectivity index (χ4v) is 3.77. The molecule has 0 unspecified atom stereocenters. The van der Waals surface area contributed by atoms with Gasteiger partial charge in [-0.15, -0.1) is 0 Å². The molecule has 0 saturated heterocycles. The van der Waals surface area contributed by atoms with E-state index in [9.17, 15) is 16.8 Å². The number of rotatable bonds is 4. The van der Waals surface area contributed by atoms with Gasteiger partial charge in [-0.05, 0) is 46.3 Å². The summed E-state index contributed by atoms with van der Waals surface area (Å²) in [5.74, 6) is 0. The number of benzene rings is 1. The van der Waals surface area contributed by atoms with Crippen molar-refractivity contribution in [3.05, 3.63) is 47.2 Å². The second kappa shape index (κ2) is 5.91. The van der Waals surface area contributed by atoms with Crippen molar-refractivity contribution in [2.45, 2.75) is 9.79 Å². The smallest absolute Gasteiger partial charge is 0.263 e. The molecule has 1 heterocycles. The third kappa shape index (κ3) is 4.16. The van der Waals surface area contributed by atoms with E-state index in [1.807, 2.05) is 0 Å². The standard InChI is InChI=1S/C11H8BrClN2O4S2/c12-8-5-11(7-14-6-8)21(18,19)15-9-1-3-10(4-2-9)20(13,16)17/h1-7,15H. The molecular weight excluding hydrogens is 404 g/mol. The molecule has 0 aliphatic rings. The zero-order chi connectivity index (χ0) is 15.7. The van der Waals surface area contributed by atoms with Gasteiger partial charge in [0.1, 0.15) is 4.90 Å². The summed E-state index contributed by atoms with van der Waals surface area (Å²) in [7, 11) is -2.47. The molecule has 10 heteroatoms. The Morgan fingerprint density at radius 3 is 2.14 bits per heavy atom. The van der Waals surface area contributed by atoms with Crippen LogP contribution in [0.5, 0.6) is 0 Å². The summed E-state index contributed by atoms with van der Waals surface area (Å²) >= 11 is 3.14. The number of anilines is 1. The van der Waals surface area contributed by atoms with E-state index in [-0.39, 0.29) is 15.5 Å². The van der Waals surface area contributed by atoms with Gasteiger partial charge in [-0.1, -0.05) is 0 Å². The van der Waals surface area contributed by atoms with Crippen LogP contribution >= 0.6 is 26.6 Å². The lowest BCUT2D eigenvalue weighted by molar-refractivity contribution is 0.600. The van der Waals surface area contributed by atoms with E-state index in [1.165, 1.54) is 42.7 Å². The van der Waals surface area contributed by atoms with Crippen LogP contribution in [0.2, 0.25) is 0 Å².